The van der Waals surface area contributed by atoms with E-state index >= 15 is 0 Å². The Balaban J connectivity index is 3.06. The molecule has 0 aliphatic rings. The predicted molar refractivity (Wildman–Crippen MR) is 120 cm³/mol. The largest absolute Gasteiger partial charge is 0.379 e. The molecule has 0 aromatic carbocycles. The van der Waals surface area contributed by atoms with Gasteiger partial charge in [0, 0.05) is 18.9 Å². The molecule has 0 atom stereocenters. The van der Waals surface area contributed by atoms with Gasteiger partial charge in [-0.05, 0) is 12.3 Å². The van der Waals surface area contributed by atoms with Crippen LogP contribution in [-0.2, 0) is 38.0 Å². The number of carbonyl (C=O) groups excluding carboxylic acids is 1. The van der Waals surface area contributed by atoms with Gasteiger partial charge in [0.15, 0.2) is 0 Å². The number of hydrogen-bond donors (Lipinski definition) is 0. The molecule has 8 nitrogen and oxygen atoms in total. The van der Waals surface area contributed by atoms with E-state index in [9.17, 15) is 4.79 Å². The lowest BCUT2D eigenvalue weighted by Gasteiger charge is -2.09. The van der Waals surface area contributed by atoms with Crippen molar-refractivity contribution in [2.45, 2.75) is 40.5 Å². The van der Waals surface area contributed by atoms with E-state index in [1.54, 1.807) is 0 Å². The van der Waals surface area contributed by atoms with Gasteiger partial charge in [-0.15, -0.1) is 0 Å². The average molecular weight is 451 g/mol. The zero-order valence-electron chi connectivity index (χ0n) is 20.2. The van der Waals surface area contributed by atoms with Gasteiger partial charge < -0.3 is 33.2 Å². The highest BCUT2D eigenvalue weighted by atomic mass is 16.6. The van der Waals surface area contributed by atoms with Gasteiger partial charge >= 0.3 is 0 Å². The molecule has 0 bridgehead atoms. The van der Waals surface area contributed by atoms with Crippen molar-refractivity contribution in [1.29, 1.82) is 0 Å². The fraction of sp³-hybridized carbons (Fsp3) is 0.957. The Morgan fingerprint density at radius 2 is 0.774 bits per heavy atom. The maximum atomic E-state index is 11.4. The maximum absolute atomic E-state index is 11.4. The second kappa shape index (κ2) is 24.0. The molecule has 0 rings (SSSR count). The van der Waals surface area contributed by atoms with Crippen molar-refractivity contribution in [3.63, 3.8) is 0 Å². The zero-order chi connectivity index (χ0) is 23.0. The van der Waals surface area contributed by atoms with Crippen molar-refractivity contribution in [3.8, 4) is 0 Å². The highest BCUT2D eigenvalue weighted by Crippen LogP contribution is 1.99. The van der Waals surface area contributed by atoms with Gasteiger partial charge in [-0.25, -0.2) is 0 Å². The minimum Gasteiger partial charge on any atom is -0.379 e. The molecule has 0 N–H and O–H groups in total. The smallest absolute Gasteiger partial charge is 0.137 e. The van der Waals surface area contributed by atoms with E-state index in [1.165, 1.54) is 0 Å². The molecule has 0 heterocycles. The number of carbonyl (C=O) groups is 1. The van der Waals surface area contributed by atoms with Crippen LogP contribution in [0.5, 0.6) is 0 Å². The summed E-state index contributed by atoms with van der Waals surface area (Å²) >= 11 is 0. The van der Waals surface area contributed by atoms with Crippen LogP contribution in [-0.4, -0.2) is 98.3 Å². The fourth-order valence-corrected chi connectivity index (χ4v) is 2.20. The molecule has 0 spiro atoms. The number of rotatable bonds is 25. The third-order valence-electron chi connectivity index (χ3n) is 4.21. The van der Waals surface area contributed by atoms with Gasteiger partial charge in [-0.1, -0.05) is 27.7 Å². The van der Waals surface area contributed by atoms with Crippen LogP contribution in [0.2, 0.25) is 0 Å². The van der Waals surface area contributed by atoms with E-state index in [0.717, 1.165) is 13.0 Å². The van der Waals surface area contributed by atoms with Crippen molar-refractivity contribution in [1.82, 2.24) is 0 Å². The Hall–Kier alpha value is -0.610. The van der Waals surface area contributed by atoms with Crippen LogP contribution in [0.25, 0.3) is 0 Å². The highest BCUT2D eigenvalue weighted by molar-refractivity contribution is 5.80. The Labute approximate surface area is 189 Å². The number of ketones is 1. The molecule has 0 saturated carbocycles. The molecular formula is C23H46O8. The number of hydrogen-bond acceptors (Lipinski definition) is 8. The first-order valence-corrected chi connectivity index (χ1v) is 11.6. The highest BCUT2D eigenvalue weighted by Gasteiger charge is 2.06. The zero-order valence-corrected chi connectivity index (χ0v) is 20.2. The average Bonchev–Trinajstić information content (AvgIpc) is 2.73. The molecule has 0 fully saturated rings. The van der Waals surface area contributed by atoms with E-state index < -0.39 is 0 Å². The molecule has 31 heavy (non-hydrogen) atoms. The lowest BCUT2D eigenvalue weighted by atomic mass is 10.1. The molecule has 0 aliphatic carbocycles. The third kappa shape index (κ3) is 25.5. The second-order valence-electron chi connectivity index (χ2n) is 7.84. The van der Waals surface area contributed by atoms with Gasteiger partial charge in [0.25, 0.3) is 0 Å². The van der Waals surface area contributed by atoms with Crippen molar-refractivity contribution in [2.75, 3.05) is 92.5 Å². The van der Waals surface area contributed by atoms with Gasteiger partial charge in [-0.2, -0.15) is 0 Å². The molecule has 0 aromatic heterocycles. The third-order valence-corrected chi connectivity index (χ3v) is 4.21. The summed E-state index contributed by atoms with van der Waals surface area (Å²) in [4.78, 5) is 11.4. The van der Waals surface area contributed by atoms with E-state index in [1.807, 2.05) is 13.8 Å². The summed E-state index contributed by atoms with van der Waals surface area (Å²) in [7, 11) is 0. The Bertz CT molecular complexity index is 377. The van der Waals surface area contributed by atoms with Gasteiger partial charge in [0.2, 0.25) is 0 Å². The second-order valence-corrected chi connectivity index (χ2v) is 7.84. The van der Waals surface area contributed by atoms with E-state index in [-0.39, 0.29) is 11.7 Å². The standard InChI is InChI=1S/C23H46O8/c1-21(2)5-7-25-9-11-27-13-15-29-17-19-31-20-18-30-16-14-28-12-10-26-8-6-23(24)22(3)4/h21-22H,5-20H2,1-4H3. The summed E-state index contributed by atoms with van der Waals surface area (Å²) in [6.07, 6.45) is 1.55. The van der Waals surface area contributed by atoms with Crippen molar-refractivity contribution < 1.29 is 38.0 Å². The molecule has 0 unspecified atom stereocenters. The molecule has 0 amide bonds. The van der Waals surface area contributed by atoms with Crippen LogP contribution in [0.1, 0.15) is 40.5 Å². The molecule has 0 radical (unpaired) electrons. The lowest BCUT2D eigenvalue weighted by molar-refractivity contribution is -0.123. The van der Waals surface area contributed by atoms with Crippen molar-refractivity contribution in [2.24, 2.45) is 11.8 Å². The first-order valence-electron chi connectivity index (χ1n) is 11.6. The van der Waals surface area contributed by atoms with E-state index in [0.29, 0.717) is 98.2 Å². The molecule has 186 valence electrons. The fourth-order valence-electron chi connectivity index (χ4n) is 2.20. The van der Waals surface area contributed by atoms with Crippen LogP contribution in [0, 0.1) is 11.8 Å². The summed E-state index contributed by atoms with van der Waals surface area (Å²) in [5, 5.41) is 0. The topological polar surface area (TPSA) is 81.7 Å². The summed E-state index contributed by atoms with van der Waals surface area (Å²) in [5.74, 6) is 0.973. The van der Waals surface area contributed by atoms with Crippen LogP contribution in [0.4, 0.5) is 0 Å². The van der Waals surface area contributed by atoms with Gasteiger partial charge in [0.05, 0.1) is 85.9 Å². The van der Waals surface area contributed by atoms with Crippen LogP contribution in [0.15, 0.2) is 0 Å². The maximum Gasteiger partial charge on any atom is 0.137 e. The summed E-state index contributed by atoms with van der Waals surface area (Å²) in [5.41, 5.74) is 0. The minimum atomic E-state index is 0.0722. The van der Waals surface area contributed by atoms with Crippen LogP contribution >= 0.6 is 0 Å². The van der Waals surface area contributed by atoms with Crippen LogP contribution in [0.3, 0.4) is 0 Å². The van der Waals surface area contributed by atoms with Crippen molar-refractivity contribution >= 4 is 5.78 Å². The predicted octanol–water partition coefficient (Wildman–Crippen LogP) is 2.76. The number of ether oxygens (including phenoxy) is 7. The minimum absolute atomic E-state index is 0.0722. The summed E-state index contributed by atoms with van der Waals surface area (Å²) < 4.78 is 38.0. The molecule has 0 aromatic rings. The quantitative estimate of drug-likeness (QED) is 0.196. The number of Topliss-reactive ketones (excluding diaryl/α,β-unsaturated/α-hetero) is 1. The molecule has 8 heteroatoms. The summed E-state index contributed by atoms with van der Waals surface area (Å²) in [6, 6.07) is 0. The lowest BCUT2D eigenvalue weighted by Crippen LogP contribution is -2.15. The van der Waals surface area contributed by atoms with Crippen molar-refractivity contribution in [3.05, 3.63) is 0 Å². The molecule has 0 saturated heterocycles. The SMILES string of the molecule is CC(C)CCOCCOCCOCCOCCOCCOCCOCCC(=O)C(C)C. The Morgan fingerprint density at radius 1 is 0.484 bits per heavy atom. The van der Waals surface area contributed by atoms with Crippen LogP contribution < -0.4 is 0 Å². The summed E-state index contributed by atoms with van der Waals surface area (Å²) in [6.45, 7) is 15.9. The Morgan fingerprint density at radius 3 is 1.06 bits per heavy atom. The molecule has 0 aliphatic heterocycles. The van der Waals surface area contributed by atoms with E-state index in [2.05, 4.69) is 13.8 Å². The van der Waals surface area contributed by atoms with E-state index in [4.69, 9.17) is 33.2 Å². The first kappa shape index (κ1) is 30.4. The van der Waals surface area contributed by atoms with Gasteiger partial charge in [0.1, 0.15) is 5.78 Å². The Kier molecular flexibility index (Phi) is 23.6. The normalized spacial score (nSPS) is 11.7. The monoisotopic (exact) mass is 450 g/mol. The van der Waals surface area contributed by atoms with Gasteiger partial charge in [-0.3, -0.25) is 4.79 Å². The molecular weight excluding hydrogens is 404 g/mol. The first-order chi connectivity index (χ1) is 15.0.